The zero-order valence-corrected chi connectivity index (χ0v) is 19.4. The van der Waals surface area contributed by atoms with Crippen molar-refractivity contribution in [3.8, 4) is 11.5 Å². The number of nitrogens with one attached hydrogen (secondary N) is 2. The molecule has 29 heavy (non-hydrogen) atoms. The molecule has 0 aliphatic carbocycles. The largest absolute Gasteiger partial charge is 0.494 e. The standard InChI is InChI=1S/C22H28N4O2.HI/c1-4-27-17-9-10-20(28-5-2)19(13-17)26-22(23)24-12-11-16-14-25-18-8-6-7-15(3)21(16)18;/h6-10,13-14,25H,4-5,11-12H2,1-3H3,(H3,23,24,26);1H. The van der Waals surface area contributed by atoms with E-state index in [2.05, 4.69) is 46.6 Å². The number of fused-ring (bicyclic) bond motifs is 1. The second-order valence-electron chi connectivity index (χ2n) is 6.48. The summed E-state index contributed by atoms with van der Waals surface area (Å²) in [6.07, 6.45) is 2.86. The van der Waals surface area contributed by atoms with E-state index in [1.165, 1.54) is 16.5 Å². The molecular formula is C22H29IN4O2. The maximum absolute atomic E-state index is 6.11. The number of guanidine groups is 1. The molecule has 0 spiro atoms. The van der Waals surface area contributed by atoms with E-state index in [9.17, 15) is 0 Å². The van der Waals surface area contributed by atoms with E-state index in [0.29, 0.717) is 25.7 Å². The highest BCUT2D eigenvalue weighted by molar-refractivity contribution is 14.0. The van der Waals surface area contributed by atoms with Crippen molar-refractivity contribution in [2.24, 2.45) is 10.7 Å². The van der Waals surface area contributed by atoms with Gasteiger partial charge in [0.05, 0.1) is 18.9 Å². The lowest BCUT2D eigenvalue weighted by Crippen LogP contribution is -2.23. The van der Waals surface area contributed by atoms with Gasteiger partial charge in [-0.25, -0.2) is 0 Å². The maximum atomic E-state index is 6.11. The summed E-state index contributed by atoms with van der Waals surface area (Å²) in [7, 11) is 0. The van der Waals surface area contributed by atoms with Gasteiger partial charge in [0.1, 0.15) is 11.5 Å². The third-order valence-corrected chi connectivity index (χ3v) is 4.48. The van der Waals surface area contributed by atoms with Crippen molar-refractivity contribution < 1.29 is 9.47 Å². The van der Waals surface area contributed by atoms with Crippen LogP contribution in [0.1, 0.15) is 25.0 Å². The monoisotopic (exact) mass is 508 g/mol. The summed E-state index contributed by atoms with van der Waals surface area (Å²) in [4.78, 5) is 7.80. The van der Waals surface area contributed by atoms with E-state index >= 15 is 0 Å². The Balaban J connectivity index is 0.00000300. The third-order valence-electron chi connectivity index (χ3n) is 4.48. The first-order valence-corrected chi connectivity index (χ1v) is 9.64. The third kappa shape index (κ3) is 5.79. The molecule has 0 atom stereocenters. The van der Waals surface area contributed by atoms with Crippen molar-refractivity contribution in [3.63, 3.8) is 0 Å². The predicted molar refractivity (Wildman–Crippen MR) is 131 cm³/mol. The number of halogens is 1. The van der Waals surface area contributed by atoms with Gasteiger partial charge in [-0.15, -0.1) is 24.0 Å². The first-order valence-electron chi connectivity index (χ1n) is 9.64. The van der Waals surface area contributed by atoms with Crippen molar-refractivity contribution in [3.05, 3.63) is 53.7 Å². The molecule has 156 valence electrons. The molecule has 0 aliphatic rings. The normalized spacial score (nSPS) is 11.2. The minimum absolute atomic E-state index is 0. The molecule has 0 aliphatic heterocycles. The van der Waals surface area contributed by atoms with Crippen LogP contribution in [0.15, 0.2) is 47.6 Å². The van der Waals surface area contributed by atoms with Crippen LogP contribution in [0.5, 0.6) is 11.5 Å². The Bertz CT molecular complexity index is 969. The molecule has 6 nitrogen and oxygen atoms in total. The Morgan fingerprint density at radius 3 is 2.69 bits per heavy atom. The first-order chi connectivity index (χ1) is 13.6. The summed E-state index contributed by atoms with van der Waals surface area (Å²) >= 11 is 0. The predicted octanol–water partition coefficient (Wildman–Crippen LogP) is 4.86. The van der Waals surface area contributed by atoms with Crippen LogP contribution in [-0.4, -0.2) is 30.7 Å². The van der Waals surface area contributed by atoms with Gasteiger partial charge in [-0.05, 0) is 56.5 Å². The van der Waals surface area contributed by atoms with Crippen molar-refractivity contribution in [2.45, 2.75) is 27.2 Å². The Labute approximate surface area is 188 Å². The van der Waals surface area contributed by atoms with Crippen molar-refractivity contribution >= 4 is 46.5 Å². The van der Waals surface area contributed by atoms with E-state index in [1.807, 2.05) is 32.0 Å². The molecule has 0 saturated carbocycles. The van der Waals surface area contributed by atoms with Crippen LogP contribution in [-0.2, 0) is 6.42 Å². The number of benzene rings is 2. The number of aromatic nitrogens is 1. The molecule has 0 amide bonds. The Hall–Kier alpha value is -2.42. The summed E-state index contributed by atoms with van der Waals surface area (Å²) in [6, 6.07) is 11.9. The van der Waals surface area contributed by atoms with E-state index < -0.39 is 0 Å². The van der Waals surface area contributed by atoms with Crippen LogP contribution in [0.2, 0.25) is 0 Å². The number of aryl methyl sites for hydroxylation is 1. The fourth-order valence-corrected chi connectivity index (χ4v) is 3.27. The van der Waals surface area contributed by atoms with Crippen LogP contribution < -0.4 is 20.5 Å². The summed E-state index contributed by atoms with van der Waals surface area (Å²) in [5, 5.41) is 4.41. The summed E-state index contributed by atoms with van der Waals surface area (Å²) in [5.74, 6) is 1.83. The average Bonchev–Trinajstić information content (AvgIpc) is 3.09. The van der Waals surface area contributed by atoms with Gasteiger partial charge in [0.2, 0.25) is 0 Å². The zero-order chi connectivity index (χ0) is 19.9. The highest BCUT2D eigenvalue weighted by Gasteiger charge is 2.08. The van der Waals surface area contributed by atoms with Crippen molar-refractivity contribution in [1.29, 1.82) is 0 Å². The maximum Gasteiger partial charge on any atom is 0.193 e. The van der Waals surface area contributed by atoms with Gasteiger partial charge in [-0.3, -0.25) is 4.99 Å². The molecule has 0 radical (unpaired) electrons. The van der Waals surface area contributed by atoms with Gasteiger partial charge in [0, 0.05) is 29.7 Å². The van der Waals surface area contributed by atoms with Gasteiger partial charge < -0.3 is 25.5 Å². The first kappa shape index (κ1) is 22.9. The number of hydrogen-bond donors (Lipinski definition) is 3. The number of H-pyrrole nitrogens is 1. The number of nitrogens with two attached hydrogens (primary N) is 1. The highest BCUT2D eigenvalue weighted by atomic mass is 127. The van der Waals surface area contributed by atoms with Crippen LogP contribution in [0, 0.1) is 6.92 Å². The Morgan fingerprint density at radius 1 is 1.14 bits per heavy atom. The molecule has 0 saturated heterocycles. The molecule has 1 heterocycles. The molecule has 3 aromatic rings. The minimum atomic E-state index is 0. The average molecular weight is 508 g/mol. The summed E-state index contributed by atoms with van der Waals surface area (Å²) in [6.45, 7) is 7.78. The summed E-state index contributed by atoms with van der Waals surface area (Å²) < 4.78 is 11.2. The minimum Gasteiger partial charge on any atom is -0.494 e. The van der Waals surface area contributed by atoms with E-state index in [4.69, 9.17) is 15.2 Å². The van der Waals surface area contributed by atoms with Gasteiger partial charge in [0.25, 0.3) is 0 Å². The quantitative estimate of drug-likeness (QED) is 0.231. The van der Waals surface area contributed by atoms with Crippen LogP contribution in [0.4, 0.5) is 5.69 Å². The lowest BCUT2D eigenvalue weighted by Gasteiger charge is -2.14. The molecular weight excluding hydrogens is 479 g/mol. The molecule has 0 bridgehead atoms. The number of anilines is 1. The fourth-order valence-electron chi connectivity index (χ4n) is 3.27. The van der Waals surface area contributed by atoms with Crippen molar-refractivity contribution in [2.75, 3.05) is 25.1 Å². The number of rotatable bonds is 8. The van der Waals surface area contributed by atoms with Gasteiger partial charge in [0.15, 0.2) is 5.96 Å². The number of aromatic amines is 1. The van der Waals surface area contributed by atoms with Crippen LogP contribution >= 0.6 is 24.0 Å². The SMILES string of the molecule is CCOc1ccc(OCC)c(NC(N)=NCCc2c[nH]c3cccc(C)c23)c1.I. The highest BCUT2D eigenvalue weighted by Crippen LogP contribution is 2.29. The van der Waals surface area contributed by atoms with Crippen molar-refractivity contribution in [1.82, 2.24) is 4.98 Å². The fraction of sp³-hybridized carbons (Fsp3) is 0.318. The number of hydrogen-bond acceptors (Lipinski definition) is 3. The molecule has 1 aromatic heterocycles. The summed E-state index contributed by atoms with van der Waals surface area (Å²) in [5.41, 5.74) is 10.5. The Kier molecular flexibility index (Phi) is 8.63. The lowest BCUT2D eigenvalue weighted by molar-refractivity contribution is 0.332. The Morgan fingerprint density at radius 2 is 1.93 bits per heavy atom. The lowest BCUT2D eigenvalue weighted by atomic mass is 10.1. The number of ether oxygens (including phenoxy) is 2. The number of aliphatic imine (C=N–C) groups is 1. The van der Waals surface area contributed by atoms with Crippen LogP contribution in [0.25, 0.3) is 10.9 Å². The second kappa shape index (κ2) is 10.9. The van der Waals surface area contributed by atoms with E-state index in [-0.39, 0.29) is 24.0 Å². The van der Waals surface area contributed by atoms with E-state index in [1.54, 1.807) is 0 Å². The van der Waals surface area contributed by atoms with Crippen LogP contribution in [0.3, 0.4) is 0 Å². The molecule has 0 fully saturated rings. The van der Waals surface area contributed by atoms with Gasteiger partial charge in [-0.2, -0.15) is 0 Å². The zero-order valence-electron chi connectivity index (χ0n) is 17.1. The molecule has 4 N–H and O–H groups in total. The number of nitrogens with zero attached hydrogens (tertiary/aromatic N) is 1. The smallest absolute Gasteiger partial charge is 0.193 e. The second-order valence-corrected chi connectivity index (χ2v) is 6.48. The topological polar surface area (TPSA) is 84.7 Å². The molecule has 7 heteroatoms. The van der Waals surface area contributed by atoms with Gasteiger partial charge in [-0.1, -0.05) is 12.1 Å². The molecule has 3 rings (SSSR count). The van der Waals surface area contributed by atoms with Gasteiger partial charge >= 0.3 is 0 Å². The van der Waals surface area contributed by atoms with E-state index in [0.717, 1.165) is 29.1 Å². The molecule has 0 unspecified atom stereocenters. The molecule has 2 aromatic carbocycles.